The topological polar surface area (TPSA) is 59.9 Å². The van der Waals surface area contributed by atoms with E-state index in [1.54, 1.807) is 6.07 Å². The van der Waals surface area contributed by atoms with Crippen molar-refractivity contribution >= 4 is 22.5 Å². The number of anilines is 1. The highest BCUT2D eigenvalue weighted by Gasteiger charge is 2.49. The predicted molar refractivity (Wildman–Crippen MR) is 140 cm³/mol. The number of carbonyl (C=O) groups is 1. The number of likely N-dealkylation sites (N-methyl/N-ethyl adjacent to an activating group) is 1. The van der Waals surface area contributed by atoms with Crippen molar-refractivity contribution in [3.05, 3.63) is 65.9 Å². The smallest absolute Gasteiger partial charge is 0.245 e. The summed E-state index contributed by atoms with van der Waals surface area (Å²) in [5.74, 6) is 1.40. The molecule has 2 fully saturated rings. The minimum absolute atomic E-state index is 0.0319. The van der Waals surface area contributed by atoms with Crippen LogP contribution in [-0.2, 0) is 17.8 Å². The molecule has 0 bridgehead atoms. The lowest BCUT2D eigenvalue weighted by molar-refractivity contribution is -0.136. The number of likely N-dealkylation sites (tertiary alicyclic amines) is 1. The van der Waals surface area contributed by atoms with Gasteiger partial charge in [0.15, 0.2) is 0 Å². The van der Waals surface area contributed by atoms with Crippen LogP contribution in [0.1, 0.15) is 23.2 Å². The van der Waals surface area contributed by atoms with Gasteiger partial charge in [0, 0.05) is 44.7 Å². The Morgan fingerprint density at radius 3 is 2.80 bits per heavy atom. The lowest BCUT2D eigenvalue weighted by Gasteiger charge is -2.47. The summed E-state index contributed by atoms with van der Waals surface area (Å²) in [5, 5.41) is 12.2. The van der Waals surface area contributed by atoms with E-state index in [-0.39, 0.29) is 17.1 Å². The van der Waals surface area contributed by atoms with E-state index in [1.165, 1.54) is 34.0 Å². The summed E-state index contributed by atoms with van der Waals surface area (Å²) in [6, 6.07) is 12.0. The van der Waals surface area contributed by atoms with Gasteiger partial charge >= 0.3 is 0 Å². The van der Waals surface area contributed by atoms with Gasteiger partial charge in [0.25, 0.3) is 0 Å². The second-order valence-electron chi connectivity index (χ2n) is 10.6. The third-order valence-corrected chi connectivity index (χ3v) is 8.17. The molecule has 4 heterocycles. The van der Waals surface area contributed by atoms with E-state index in [9.17, 15) is 9.90 Å². The van der Waals surface area contributed by atoms with Crippen molar-refractivity contribution in [2.24, 2.45) is 5.41 Å². The van der Waals surface area contributed by atoms with Gasteiger partial charge in [-0.25, -0.2) is 4.98 Å². The Morgan fingerprint density at radius 1 is 1.17 bits per heavy atom. The number of pyridine rings is 1. The summed E-state index contributed by atoms with van der Waals surface area (Å²) in [6.07, 6.45) is 3.47. The van der Waals surface area contributed by atoms with Gasteiger partial charge in [-0.05, 0) is 78.0 Å². The molecule has 1 aromatic heterocycles. The number of phenols is 1. The molecule has 0 unspecified atom stereocenters. The Kier molecular flexibility index (Phi) is 5.11. The molecule has 6 rings (SSSR count). The van der Waals surface area contributed by atoms with Crippen LogP contribution < -0.4 is 4.90 Å². The largest absolute Gasteiger partial charge is 0.508 e. The number of rotatable bonds is 3. The molecule has 1 N–H and O–H groups in total. The number of amides is 1. The second kappa shape index (κ2) is 8.09. The summed E-state index contributed by atoms with van der Waals surface area (Å²) in [7, 11) is 2.16. The van der Waals surface area contributed by atoms with E-state index in [4.69, 9.17) is 4.98 Å². The van der Waals surface area contributed by atoms with Crippen molar-refractivity contribution in [1.82, 2.24) is 14.8 Å². The van der Waals surface area contributed by atoms with Crippen molar-refractivity contribution in [3.63, 3.8) is 0 Å². The normalized spacial score (nSPS) is 19.1. The number of benzene rings is 2. The van der Waals surface area contributed by atoms with Crippen molar-refractivity contribution in [1.29, 1.82) is 0 Å². The maximum atomic E-state index is 12.0. The molecule has 35 heavy (non-hydrogen) atoms. The molecule has 1 spiro atoms. The highest BCUT2D eigenvalue weighted by molar-refractivity contribution is 5.99. The van der Waals surface area contributed by atoms with Crippen LogP contribution in [0.4, 0.5) is 5.82 Å². The maximum Gasteiger partial charge on any atom is 0.245 e. The van der Waals surface area contributed by atoms with Gasteiger partial charge in [0.2, 0.25) is 5.91 Å². The molecule has 1 amide bonds. The monoisotopic (exact) mass is 468 g/mol. The van der Waals surface area contributed by atoms with Crippen molar-refractivity contribution in [2.45, 2.75) is 26.3 Å². The minimum Gasteiger partial charge on any atom is -0.508 e. The fraction of sp³-hybridized carbons (Fsp3) is 0.379. The van der Waals surface area contributed by atoms with Crippen LogP contribution >= 0.6 is 0 Å². The number of fused-ring (bicyclic) bond motifs is 2. The van der Waals surface area contributed by atoms with E-state index in [1.807, 2.05) is 17.0 Å². The first-order valence-corrected chi connectivity index (χ1v) is 12.5. The van der Waals surface area contributed by atoms with E-state index < -0.39 is 0 Å². The fourth-order valence-electron chi connectivity index (χ4n) is 6.38. The number of hydrogen-bond acceptors (Lipinski definition) is 5. The molecule has 6 heteroatoms. The molecule has 180 valence electrons. The lowest BCUT2D eigenvalue weighted by atomic mass is 9.79. The highest BCUT2D eigenvalue weighted by Crippen LogP contribution is 2.45. The number of phenolic OH excluding ortho intramolecular Hbond substituents is 1. The Labute approximate surface area is 206 Å². The number of carbonyl (C=O) groups excluding carboxylic acids is 1. The van der Waals surface area contributed by atoms with Crippen LogP contribution in [0.2, 0.25) is 0 Å². The summed E-state index contributed by atoms with van der Waals surface area (Å²) >= 11 is 0. The van der Waals surface area contributed by atoms with Gasteiger partial charge < -0.3 is 19.8 Å². The SMILES string of the molecule is C=CC(=O)N1CC2(CCN(c3nc4c(c(-c5cccc6cc(O)ccc56)c3C)CCN(C)C4)C2)C1. The van der Waals surface area contributed by atoms with Crippen molar-refractivity contribution in [2.75, 3.05) is 44.7 Å². The molecule has 0 saturated carbocycles. The Morgan fingerprint density at radius 2 is 2.00 bits per heavy atom. The highest BCUT2D eigenvalue weighted by atomic mass is 16.3. The van der Waals surface area contributed by atoms with E-state index in [0.717, 1.165) is 68.7 Å². The molecule has 3 aliphatic rings. The van der Waals surface area contributed by atoms with Crippen LogP contribution in [0.3, 0.4) is 0 Å². The standard InChI is InChI=1S/C29H32N4O2/c1-4-26(35)33-17-29(18-33)11-13-32(16-29)28-19(2)27(24-10-12-31(3)15-25(24)30-28)23-7-5-6-20-14-21(34)8-9-22(20)23/h4-9,14,34H,1,10-13,15-18H2,2-3H3. The van der Waals surface area contributed by atoms with Crippen LogP contribution in [0, 0.1) is 12.3 Å². The van der Waals surface area contributed by atoms with Gasteiger partial charge in [-0.2, -0.15) is 0 Å². The molecule has 3 aromatic rings. The zero-order valence-corrected chi connectivity index (χ0v) is 20.5. The van der Waals surface area contributed by atoms with E-state index in [2.05, 4.69) is 48.5 Å². The number of aromatic hydroxyl groups is 1. The van der Waals surface area contributed by atoms with Crippen LogP contribution in [0.5, 0.6) is 5.75 Å². The number of hydrogen-bond donors (Lipinski definition) is 1. The van der Waals surface area contributed by atoms with E-state index >= 15 is 0 Å². The Hall–Kier alpha value is -3.38. The third-order valence-electron chi connectivity index (χ3n) is 8.17. The van der Waals surface area contributed by atoms with Crippen LogP contribution in [0.15, 0.2) is 49.1 Å². The molecule has 6 nitrogen and oxygen atoms in total. The Bertz CT molecular complexity index is 1360. The first-order chi connectivity index (χ1) is 16.9. The third kappa shape index (κ3) is 3.59. The van der Waals surface area contributed by atoms with Crippen molar-refractivity contribution in [3.8, 4) is 16.9 Å². The zero-order chi connectivity index (χ0) is 24.3. The van der Waals surface area contributed by atoms with Crippen LogP contribution in [0.25, 0.3) is 21.9 Å². The molecular weight excluding hydrogens is 436 g/mol. The van der Waals surface area contributed by atoms with Gasteiger partial charge in [0.1, 0.15) is 11.6 Å². The molecule has 2 aromatic carbocycles. The number of aromatic nitrogens is 1. The molecule has 2 saturated heterocycles. The maximum absolute atomic E-state index is 12.0. The number of nitrogens with zero attached hydrogens (tertiary/aromatic N) is 4. The van der Waals surface area contributed by atoms with Crippen molar-refractivity contribution < 1.29 is 9.90 Å². The average molecular weight is 469 g/mol. The molecule has 0 radical (unpaired) electrons. The Balaban J connectivity index is 1.44. The summed E-state index contributed by atoms with van der Waals surface area (Å²) in [5.41, 5.74) is 6.42. The molecule has 0 aliphatic carbocycles. The quantitative estimate of drug-likeness (QED) is 0.586. The van der Waals surface area contributed by atoms with Gasteiger partial charge in [-0.1, -0.05) is 30.8 Å². The first kappa shape index (κ1) is 22.1. The molecule has 0 atom stereocenters. The summed E-state index contributed by atoms with van der Waals surface area (Å²) in [4.78, 5) is 24.0. The van der Waals surface area contributed by atoms with Gasteiger partial charge in [-0.3, -0.25) is 4.79 Å². The van der Waals surface area contributed by atoms with Gasteiger partial charge in [-0.15, -0.1) is 0 Å². The molecular formula is C29H32N4O2. The summed E-state index contributed by atoms with van der Waals surface area (Å²) in [6.45, 7) is 11.2. The average Bonchev–Trinajstić information content (AvgIpc) is 3.28. The minimum atomic E-state index is 0.0319. The van der Waals surface area contributed by atoms with Crippen LogP contribution in [-0.4, -0.2) is 65.6 Å². The lowest BCUT2D eigenvalue weighted by Crippen LogP contribution is -2.59. The van der Waals surface area contributed by atoms with E-state index in [0.29, 0.717) is 0 Å². The molecule has 3 aliphatic heterocycles. The summed E-state index contributed by atoms with van der Waals surface area (Å²) < 4.78 is 0. The van der Waals surface area contributed by atoms with Gasteiger partial charge in [0.05, 0.1) is 5.69 Å². The second-order valence-corrected chi connectivity index (χ2v) is 10.6. The zero-order valence-electron chi connectivity index (χ0n) is 20.5. The first-order valence-electron chi connectivity index (χ1n) is 12.5. The fourth-order valence-corrected chi connectivity index (χ4v) is 6.38. The predicted octanol–water partition coefficient (Wildman–Crippen LogP) is 4.13.